The number of imide groups is 1. The van der Waals surface area contributed by atoms with Gasteiger partial charge in [-0.05, 0) is 38.2 Å². The van der Waals surface area contributed by atoms with E-state index in [1.165, 1.54) is 12.0 Å². The van der Waals surface area contributed by atoms with E-state index in [1.807, 2.05) is 24.8 Å². The molecule has 0 aliphatic carbocycles. The van der Waals surface area contributed by atoms with Crippen LogP contribution in [0.3, 0.4) is 0 Å². The predicted octanol–water partition coefficient (Wildman–Crippen LogP) is 2.80. The summed E-state index contributed by atoms with van der Waals surface area (Å²) in [5.74, 6) is 0.966. The van der Waals surface area contributed by atoms with E-state index < -0.39 is 11.6 Å². The fraction of sp³-hybridized carbons (Fsp3) is 0.609. The summed E-state index contributed by atoms with van der Waals surface area (Å²) in [7, 11) is 3.08. The number of rotatable bonds is 7. The molecule has 0 radical (unpaired) electrons. The molecule has 170 valence electrons. The fourth-order valence-corrected chi connectivity index (χ4v) is 4.55. The molecule has 1 aromatic rings. The molecule has 2 fully saturated rings. The van der Waals surface area contributed by atoms with Crippen molar-refractivity contribution in [2.75, 3.05) is 27.3 Å². The Morgan fingerprint density at radius 3 is 2.48 bits per heavy atom. The summed E-state index contributed by atoms with van der Waals surface area (Å²) < 4.78 is 10.8. The van der Waals surface area contributed by atoms with Crippen molar-refractivity contribution in [3.63, 3.8) is 0 Å². The Morgan fingerprint density at radius 1 is 1.23 bits per heavy atom. The second-order valence-electron chi connectivity index (χ2n) is 8.59. The van der Waals surface area contributed by atoms with Crippen LogP contribution in [0, 0.1) is 11.8 Å². The van der Waals surface area contributed by atoms with Gasteiger partial charge in [0.05, 0.1) is 20.8 Å². The average Bonchev–Trinajstić information content (AvgIpc) is 3.01. The van der Waals surface area contributed by atoms with Gasteiger partial charge in [0.2, 0.25) is 5.91 Å². The zero-order valence-electron chi connectivity index (χ0n) is 19.1. The maximum Gasteiger partial charge on any atom is 0.325 e. The fourth-order valence-electron chi connectivity index (χ4n) is 4.55. The molecular formula is C23H33N3O5. The lowest BCUT2D eigenvalue weighted by Crippen LogP contribution is -2.54. The first-order valence-electron chi connectivity index (χ1n) is 10.9. The number of nitrogens with zero attached hydrogens (tertiary/aromatic N) is 2. The van der Waals surface area contributed by atoms with Crippen LogP contribution in [0.1, 0.15) is 45.6 Å². The SMILES string of the molecule is CC[C@H](C)C(=O)N1CCC([C@@]2(C)NC(=O)N(Cc3cccc(OC)c3OC)C2=O)CC1. The predicted molar refractivity (Wildman–Crippen MR) is 116 cm³/mol. The maximum absolute atomic E-state index is 13.4. The molecule has 8 nitrogen and oxygen atoms in total. The minimum absolute atomic E-state index is 0.00767. The third-order valence-electron chi connectivity index (χ3n) is 6.77. The van der Waals surface area contributed by atoms with E-state index in [9.17, 15) is 14.4 Å². The number of likely N-dealkylation sites (tertiary alicyclic amines) is 1. The van der Waals surface area contributed by atoms with E-state index in [1.54, 1.807) is 26.2 Å². The Hall–Kier alpha value is -2.77. The number of nitrogens with one attached hydrogen (secondary N) is 1. The van der Waals surface area contributed by atoms with Gasteiger partial charge in [0.1, 0.15) is 5.54 Å². The number of ether oxygens (including phenoxy) is 2. The Labute approximate surface area is 183 Å². The number of para-hydroxylation sites is 1. The Bertz CT molecular complexity index is 850. The van der Waals surface area contributed by atoms with E-state index in [0.29, 0.717) is 43.0 Å². The molecule has 2 aliphatic rings. The van der Waals surface area contributed by atoms with Crippen molar-refractivity contribution in [1.82, 2.24) is 15.1 Å². The van der Waals surface area contributed by atoms with Gasteiger partial charge in [-0.25, -0.2) is 4.79 Å². The third kappa shape index (κ3) is 4.20. The summed E-state index contributed by atoms with van der Waals surface area (Å²) in [5, 5.41) is 2.93. The van der Waals surface area contributed by atoms with Crippen molar-refractivity contribution in [2.45, 2.75) is 52.1 Å². The second kappa shape index (κ2) is 9.16. The van der Waals surface area contributed by atoms with Crippen LogP contribution >= 0.6 is 0 Å². The highest BCUT2D eigenvalue weighted by Gasteiger charge is 2.53. The van der Waals surface area contributed by atoms with Crippen molar-refractivity contribution in [1.29, 1.82) is 0 Å². The minimum Gasteiger partial charge on any atom is -0.493 e. The molecule has 2 aliphatic heterocycles. The smallest absolute Gasteiger partial charge is 0.325 e. The summed E-state index contributed by atoms with van der Waals surface area (Å²) >= 11 is 0. The van der Waals surface area contributed by atoms with Crippen LogP contribution in [-0.4, -0.2) is 60.5 Å². The first kappa shape index (κ1) is 22.9. The lowest BCUT2D eigenvalue weighted by atomic mass is 9.78. The molecule has 0 unspecified atom stereocenters. The lowest BCUT2D eigenvalue weighted by Gasteiger charge is -2.39. The zero-order valence-corrected chi connectivity index (χ0v) is 19.1. The van der Waals surface area contributed by atoms with Gasteiger partial charge in [0.25, 0.3) is 5.91 Å². The topological polar surface area (TPSA) is 88.2 Å². The monoisotopic (exact) mass is 431 g/mol. The highest BCUT2D eigenvalue weighted by Crippen LogP contribution is 2.36. The summed E-state index contributed by atoms with van der Waals surface area (Å²) in [4.78, 5) is 41.7. The Balaban J connectivity index is 1.72. The van der Waals surface area contributed by atoms with Crippen molar-refractivity contribution < 1.29 is 23.9 Å². The van der Waals surface area contributed by atoms with Crippen LogP contribution in [0.15, 0.2) is 18.2 Å². The third-order valence-corrected chi connectivity index (χ3v) is 6.77. The molecule has 1 aromatic carbocycles. The first-order chi connectivity index (χ1) is 14.8. The van der Waals surface area contributed by atoms with Gasteiger partial charge in [-0.15, -0.1) is 0 Å². The number of hydrogen-bond donors (Lipinski definition) is 1. The largest absolute Gasteiger partial charge is 0.493 e. The number of amides is 4. The lowest BCUT2D eigenvalue weighted by molar-refractivity contribution is -0.138. The number of urea groups is 1. The summed E-state index contributed by atoms with van der Waals surface area (Å²) in [6.07, 6.45) is 2.18. The molecule has 0 spiro atoms. The van der Waals surface area contributed by atoms with E-state index >= 15 is 0 Å². The quantitative estimate of drug-likeness (QED) is 0.671. The highest BCUT2D eigenvalue weighted by atomic mass is 16.5. The van der Waals surface area contributed by atoms with Crippen LogP contribution < -0.4 is 14.8 Å². The highest BCUT2D eigenvalue weighted by molar-refractivity contribution is 6.07. The molecule has 0 saturated carbocycles. The molecule has 2 saturated heterocycles. The van der Waals surface area contributed by atoms with E-state index in [-0.39, 0.29) is 30.2 Å². The van der Waals surface area contributed by atoms with Crippen LogP contribution in [0.4, 0.5) is 4.79 Å². The number of piperidine rings is 1. The number of carbonyl (C=O) groups excluding carboxylic acids is 3. The van der Waals surface area contributed by atoms with Crippen molar-refractivity contribution in [2.24, 2.45) is 11.8 Å². The van der Waals surface area contributed by atoms with E-state index in [4.69, 9.17) is 9.47 Å². The van der Waals surface area contributed by atoms with Crippen molar-refractivity contribution >= 4 is 17.8 Å². The number of carbonyl (C=O) groups is 3. The molecule has 2 atom stereocenters. The molecular weight excluding hydrogens is 398 g/mol. The summed E-state index contributed by atoms with van der Waals surface area (Å²) in [5.41, 5.74) is -0.280. The zero-order chi connectivity index (χ0) is 22.8. The molecule has 2 heterocycles. The average molecular weight is 432 g/mol. The van der Waals surface area contributed by atoms with Crippen molar-refractivity contribution in [3.05, 3.63) is 23.8 Å². The molecule has 31 heavy (non-hydrogen) atoms. The van der Waals surface area contributed by atoms with Gasteiger partial charge >= 0.3 is 6.03 Å². The molecule has 8 heteroatoms. The van der Waals surface area contributed by atoms with Crippen LogP contribution in [0.2, 0.25) is 0 Å². The van der Waals surface area contributed by atoms with Crippen LogP contribution in [0.25, 0.3) is 0 Å². The molecule has 4 amide bonds. The summed E-state index contributed by atoms with van der Waals surface area (Å²) in [6.45, 7) is 7.07. The van der Waals surface area contributed by atoms with Gasteiger partial charge in [-0.3, -0.25) is 14.5 Å². The Kier molecular flexibility index (Phi) is 6.77. The van der Waals surface area contributed by atoms with Crippen molar-refractivity contribution in [3.8, 4) is 11.5 Å². The molecule has 0 bridgehead atoms. The van der Waals surface area contributed by atoms with Gasteiger partial charge in [-0.2, -0.15) is 0 Å². The number of hydrogen-bond acceptors (Lipinski definition) is 5. The number of benzene rings is 1. The Morgan fingerprint density at radius 2 is 1.90 bits per heavy atom. The van der Waals surface area contributed by atoms with Crippen LogP contribution in [0.5, 0.6) is 11.5 Å². The first-order valence-corrected chi connectivity index (χ1v) is 10.9. The van der Waals surface area contributed by atoms with Gasteiger partial charge in [0.15, 0.2) is 11.5 Å². The molecule has 1 N–H and O–H groups in total. The number of methoxy groups -OCH3 is 2. The normalized spacial score (nSPS) is 23.0. The van der Waals surface area contributed by atoms with E-state index in [2.05, 4.69) is 5.32 Å². The standard InChI is InChI=1S/C23H33N3O5/c1-6-15(2)20(27)25-12-10-17(11-13-25)23(3)21(28)26(22(29)24-23)14-16-8-7-9-18(30-4)19(16)31-5/h7-9,15,17H,6,10-14H2,1-5H3,(H,24,29)/t15-,23+/m0/s1. The molecule has 0 aromatic heterocycles. The van der Waals surface area contributed by atoms with Crippen LogP contribution in [-0.2, 0) is 16.1 Å². The van der Waals surface area contributed by atoms with Gasteiger partial charge in [0, 0.05) is 24.6 Å². The second-order valence-corrected chi connectivity index (χ2v) is 8.59. The van der Waals surface area contributed by atoms with Gasteiger partial charge < -0.3 is 19.7 Å². The van der Waals surface area contributed by atoms with Gasteiger partial charge in [-0.1, -0.05) is 26.0 Å². The van der Waals surface area contributed by atoms with E-state index in [0.717, 1.165) is 6.42 Å². The maximum atomic E-state index is 13.4. The molecule has 3 rings (SSSR count). The minimum atomic E-state index is -0.977. The summed E-state index contributed by atoms with van der Waals surface area (Å²) in [6, 6.07) is 4.98.